The number of nitrogens with one attached hydrogen (secondary N) is 2. The van der Waals surface area contributed by atoms with Gasteiger partial charge in [-0.25, -0.2) is 4.98 Å². The fourth-order valence-electron chi connectivity index (χ4n) is 2.50. The van der Waals surface area contributed by atoms with Crippen molar-refractivity contribution in [3.63, 3.8) is 0 Å². The molecule has 0 saturated carbocycles. The smallest absolute Gasteiger partial charge is 0.295 e. The molecule has 2 heterocycles. The van der Waals surface area contributed by atoms with Gasteiger partial charge in [0.1, 0.15) is 0 Å². The van der Waals surface area contributed by atoms with Crippen molar-refractivity contribution in [2.75, 3.05) is 0 Å². The van der Waals surface area contributed by atoms with Crippen LogP contribution in [0.2, 0.25) is 0 Å². The lowest BCUT2D eigenvalue weighted by molar-refractivity contribution is 0.452. The van der Waals surface area contributed by atoms with Crippen LogP contribution in [0.25, 0.3) is 22.3 Å². The van der Waals surface area contributed by atoms with Gasteiger partial charge in [-0.1, -0.05) is 47.7 Å². The Morgan fingerprint density at radius 2 is 1.69 bits per heavy atom. The summed E-state index contributed by atoms with van der Waals surface area (Å²) in [5.74, 6) is -0.202. The van der Waals surface area contributed by atoms with Gasteiger partial charge in [-0.05, 0) is 12.1 Å². The lowest BCUT2D eigenvalue weighted by atomic mass is 10.2. The number of nitrogens with zero attached hydrogens (tertiary/aromatic N) is 4. The third-order valence-corrected chi connectivity index (χ3v) is 3.75. The van der Waals surface area contributed by atoms with Crippen LogP contribution in [0.1, 0.15) is 0 Å². The van der Waals surface area contributed by atoms with E-state index >= 15 is 0 Å². The van der Waals surface area contributed by atoms with Crippen LogP contribution in [0.3, 0.4) is 0 Å². The average Bonchev–Trinajstić information content (AvgIpc) is 2.99. The lowest BCUT2D eigenvalue weighted by Gasteiger charge is -2.08. The topological polar surface area (TPSA) is 128 Å². The fraction of sp³-hybridized carbons (Fsp3) is 0. The van der Waals surface area contributed by atoms with Crippen LogP contribution < -0.4 is 11.1 Å². The minimum Gasteiger partial charge on any atom is -0.492 e. The van der Waals surface area contributed by atoms with E-state index in [1.807, 2.05) is 6.07 Å². The van der Waals surface area contributed by atoms with E-state index in [2.05, 4.69) is 25.5 Å². The van der Waals surface area contributed by atoms with Crippen molar-refractivity contribution in [2.45, 2.75) is 0 Å². The Morgan fingerprint density at radius 1 is 0.962 bits per heavy atom. The minimum atomic E-state index is -0.658. The molecule has 0 fully saturated rings. The molecule has 0 aliphatic heterocycles. The highest BCUT2D eigenvalue weighted by Gasteiger charge is 2.13. The maximum atomic E-state index is 12.9. The van der Waals surface area contributed by atoms with Crippen LogP contribution in [0.5, 0.6) is 5.88 Å². The molecule has 9 nitrogen and oxygen atoms in total. The van der Waals surface area contributed by atoms with Crippen LogP contribution in [0.15, 0.2) is 74.5 Å². The highest BCUT2D eigenvalue weighted by Crippen LogP contribution is 2.21. The number of aromatic amines is 2. The molecule has 0 aliphatic carbocycles. The molecular weight excluding hydrogens is 336 g/mol. The summed E-state index contributed by atoms with van der Waals surface area (Å²) in [7, 11) is 0. The van der Waals surface area contributed by atoms with Gasteiger partial charge in [0.15, 0.2) is 5.82 Å². The zero-order valence-electron chi connectivity index (χ0n) is 13.2. The first kappa shape index (κ1) is 15.5. The zero-order chi connectivity index (χ0) is 18.1. The highest BCUT2D eigenvalue weighted by atomic mass is 16.3. The highest BCUT2D eigenvalue weighted by molar-refractivity contribution is 5.79. The van der Waals surface area contributed by atoms with E-state index in [1.54, 1.807) is 48.5 Å². The first-order valence-electron chi connectivity index (χ1n) is 7.64. The predicted octanol–water partition coefficient (Wildman–Crippen LogP) is 2.33. The Kier molecular flexibility index (Phi) is 3.66. The van der Waals surface area contributed by atoms with Crippen LogP contribution in [-0.2, 0) is 0 Å². The largest absolute Gasteiger partial charge is 0.492 e. The van der Waals surface area contributed by atoms with Gasteiger partial charge in [0.2, 0.25) is 11.6 Å². The minimum absolute atomic E-state index is 0.268. The monoisotopic (exact) mass is 348 g/mol. The first-order chi connectivity index (χ1) is 12.6. The first-order valence-corrected chi connectivity index (χ1v) is 7.64. The number of benzene rings is 2. The molecule has 0 amide bonds. The summed E-state index contributed by atoms with van der Waals surface area (Å²) in [5.41, 5.74) is -0.255. The maximum absolute atomic E-state index is 12.9. The van der Waals surface area contributed by atoms with Gasteiger partial charge in [-0.3, -0.25) is 19.8 Å². The normalized spacial score (nSPS) is 11.4. The molecule has 2 aromatic heterocycles. The molecule has 0 atom stereocenters. The van der Waals surface area contributed by atoms with E-state index in [0.717, 1.165) is 4.68 Å². The summed E-state index contributed by atoms with van der Waals surface area (Å²) >= 11 is 0. The number of aromatic nitrogens is 4. The van der Waals surface area contributed by atoms with E-state index in [-0.39, 0.29) is 11.5 Å². The van der Waals surface area contributed by atoms with Gasteiger partial charge < -0.3 is 5.11 Å². The van der Waals surface area contributed by atoms with Crippen LogP contribution in [-0.4, -0.2) is 25.0 Å². The number of hydrogen-bond acceptors (Lipinski definition) is 6. The molecule has 128 valence electrons. The number of H-pyrrole nitrogens is 2. The Hall–Kier alpha value is -4.01. The zero-order valence-corrected chi connectivity index (χ0v) is 13.2. The summed E-state index contributed by atoms with van der Waals surface area (Å²) in [6, 6.07) is 15.9. The molecule has 3 N–H and O–H groups in total. The Labute approximate surface area is 145 Å². The number of fused-ring (bicyclic) bond motifs is 1. The molecule has 0 spiro atoms. The number of rotatable bonds is 3. The van der Waals surface area contributed by atoms with Crippen molar-refractivity contribution >= 4 is 16.6 Å². The molecule has 0 aliphatic rings. The number of aromatic hydroxyl groups is 1. The quantitative estimate of drug-likeness (QED) is 0.491. The van der Waals surface area contributed by atoms with Crippen LogP contribution in [0, 0.1) is 0 Å². The maximum Gasteiger partial charge on any atom is 0.295 e. The van der Waals surface area contributed by atoms with Gasteiger partial charge in [0, 0.05) is 5.56 Å². The summed E-state index contributed by atoms with van der Waals surface area (Å²) in [5, 5.41) is 21.9. The lowest BCUT2D eigenvalue weighted by Crippen LogP contribution is -2.19. The molecule has 0 saturated heterocycles. The average molecular weight is 348 g/mol. The Morgan fingerprint density at radius 3 is 2.42 bits per heavy atom. The van der Waals surface area contributed by atoms with Crippen LogP contribution >= 0.6 is 0 Å². The molecule has 2 aromatic carbocycles. The Bertz CT molecular complexity index is 1240. The van der Waals surface area contributed by atoms with Crippen molar-refractivity contribution in [2.24, 2.45) is 10.3 Å². The third kappa shape index (κ3) is 2.57. The second kappa shape index (κ2) is 6.13. The second-order valence-corrected chi connectivity index (χ2v) is 5.40. The SMILES string of the molecule is O=c1[nH][nH]c(O)c1N=Nn1c(-c2ccccc2)nc2ccccc2c1=O. The molecule has 0 bridgehead atoms. The molecule has 4 aromatic rings. The van der Waals surface area contributed by atoms with Gasteiger partial charge in [-0.15, -0.1) is 5.11 Å². The molecule has 0 radical (unpaired) electrons. The molecule has 4 rings (SSSR count). The third-order valence-electron chi connectivity index (χ3n) is 3.75. The van der Waals surface area contributed by atoms with E-state index in [4.69, 9.17) is 0 Å². The molecular formula is C17H12N6O3. The predicted molar refractivity (Wildman–Crippen MR) is 94.4 cm³/mol. The summed E-state index contributed by atoms with van der Waals surface area (Å²) in [6.07, 6.45) is 0. The van der Waals surface area contributed by atoms with E-state index in [0.29, 0.717) is 16.5 Å². The number of para-hydroxylation sites is 1. The van der Waals surface area contributed by atoms with Crippen LogP contribution in [0.4, 0.5) is 5.69 Å². The van der Waals surface area contributed by atoms with E-state index in [9.17, 15) is 14.7 Å². The van der Waals surface area contributed by atoms with Crippen molar-refractivity contribution < 1.29 is 5.11 Å². The second-order valence-electron chi connectivity index (χ2n) is 5.40. The molecule has 26 heavy (non-hydrogen) atoms. The standard InChI is InChI=1S/C17H12N6O3/c24-15-13(16(25)21-20-15)19-22-23-14(10-6-2-1-3-7-10)18-12-9-5-4-8-11(12)17(23)26/h1-9H,(H3,20,21,24,25). The van der Waals surface area contributed by atoms with Crippen molar-refractivity contribution in [3.05, 3.63) is 75.3 Å². The van der Waals surface area contributed by atoms with Crippen molar-refractivity contribution in [1.29, 1.82) is 0 Å². The summed E-state index contributed by atoms with van der Waals surface area (Å²) < 4.78 is 1.00. The van der Waals surface area contributed by atoms with Crippen molar-refractivity contribution in [1.82, 2.24) is 19.9 Å². The van der Waals surface area contributed by atoms with Gasteiger partial charge in [-0.2, -0.15) is 4.68 Å². The van der Waals surface area contributed by atoms with E-state index in [1.165, 1.54) is 0 Å². The molecule has 0 unspecified atom stereocenters. The number of hydrogen-bond donors (Lipinski definition) is 3. The summed E-state index contributed by atoms with van der Waals surface area (Å²) in [6.45, 7) is 0. The van der Waals surface area contributed by atoms with Gasteiger partial charge >= 0.3 is 0 Å². The van der Waals surface area contributed by atoms with Gasteiger partial charge in [0.25, 0.3) is 11.1 Å². The Balaban J connectivity index is 1.99. The van der Waals surface area contributed by atoms with Crippen molar-refractivity contribution in [3.8, 4) is 17.3 Å². The van der Waals surface area contributed by atoms with Gasteiger partial charge in [0.05, 0.1) is 10.9 Å². The fourth-order valence-corrected chi connectivity index (χ4v) is 2.50. The molecule has 9 heteroatoms. The summed E-state index contributed by atoms with van der Waals surface area (Å²) in [4.78, 5) is 29.0. The van der Waals surface area contributed by atoms with E-state index < -0.39 is 17.0 Å².